The molecular weight excluding hydrogens is 576 g/mol. The van der Waals surface area contributed by atoms with Crippen molar-refractivity contribution >= 4 is 23.3 Å². The van der Waals surface area contributed by atoms with Crippen molar-refractivity contribution in [2.75, 3.05) is 6.61 Å². The number of carbonyl (C=O) groups excluding carboxylic acids is 4. The van der Waals surface area contributed by atoms with Crippen LogP contribution < -0.4 is 0 Å². The summed E-state index contributed by atoms with van der Waals surface area (Å²) in [5.74, 6) is -5.93. The lowest BCUT2D eigenvalue weighted by Crippen LogP contribution is -2.67. The maximum Gasteiger partial charge on any atom is 0.306 e. The molecule has 0 amide bonds. The molecule has 0 fully saturated rings. The highest BCUT2D eigenvalue weighted by Crippen LogP contribution is 2.65. The minimum Gasteiger partial charge on any atom is -0.511 e. The SMILES string of the molecule is CC(=O)C1=C(O)C(C(C)C)[C@@]2(C)C[C@@]3(C)Cc4c(C(C)C)cc(CCC(=O)OCC(C)(C)C)c(O)c4C(=O)C3=C(O)[C@@]2(O)C1=O. The van der Waals surface area contributed by atoms with E-state index in [0.29, 0.717) is 11.1 Å². The van der Waals surface area contributed by atoms with Crippen LogP contribution in [0, 0.1) is 28.1 Å². The number of phenolic OH excluding ortho intramolecular Hbond substituents is 1. The Morgan fingerprint density at radius 2 is 1.67 bits per heavy atom. The van der Waals surface area contributed by atoms with Gasteiger partial charge in [-0.25, -0.2) is 0 Å². The van der Waals surface area contributed by atoms with Gasteiger partial charge in [0.1, 0.15) is 22.8 Å². The minimum atomic E-state index is -2.66. The summed E-state index contributed by atoms with van der Waals surface area (Å²) in [5, 5.41) is 47.0. The number of hydrogen-bond acceptors (Lipinski definition) is 9. The van der Waals surface area contributed by atoms with Crippen molar-refractivity contribution in [1.82, 2.24) is 0 Å². The third-order valence-electron chi connectivity index (χ3n) is 10.0. The largest absolute Gasteiger partial charge is 0.511 e. The van der Waals surface area contributed by atoms with Gasteiger partial charge in [-0.15, -0.1) is 0 Å². The van der Waals surface area contributed by atoms with Crippen LogP contribution in [-0.4, -0.2) is 56.0 Å². The van der Waals surface area contributed by atoms with Gasteiger partial charge in [-0.05, 0) is 60.1 Å². The second kappa shape index (κ2) is 11.1. The van der Waals surface area contributed by atoms with E-state index in [9.17, 15) is 39.6 Å². The second-order valence-electron chi connectivity index (χ2n) is 15.7. The van der Waals surface area contributed by atoms with Crippen molar-refractivity contribution in [3.05, 3.63) is 51.0 Å². The first-order chi connectivity index (χ1) is 20.5. The third-order valence-corrected chi connectivity index (χ3v) is 10.0. The molecular formula is C36H48O9. The summed E-state index contributed by atoms with van der Waals surface area (Å²) in [6.07, 6.45) is 0.328. The van der Waals surface area contributed by atoms with Gasteiger partial charge in [0.05, 0.1) is 12.2 Å². The topological polar surface area (TPSA) is 158 Å². The molecule has 4 atom stereocenters. The van der Waals surface area contributed by atoms with Gasteiger partial charge >= 0.3 is 5.97 Å². The molecule has 1 unspecified atom stereocenters. The average Bonchev–Trinajstić information content (AvgIpc) is 2.88. The van der Waals surface area contributed by atoms with Gasteiger partial charge in [-0.2, -0.15) is 0 Å². The normalized spacial score (nSPS) is 28.3. The Balaban J connectivity index is 1.91. The number of phenols is 1. The molecule has 45 heavy (non-hydrogen) atoms. The van der Waals surface area contributed by atoms with Crippen LogP contribution in [-0.2, 0) is 32.0 Å². The van der Waals surface area contributed by atoms with Crippen molar-refractivity contribution in [3.8, 4) is 5.75 Å². The Labute approximate surface area is 265 Å². The molecule has 0 aliphatic heterocycles. The molecule has 0 bridgehead atoms. The quantitative estimate of drug-likeness (QED) is 0.211. The molecule has 9 heteroatoms. The summed E-state index contributed by atoms with van der Waals surface area (Å²) in [6, 6.07) is 1.82. The van der Waals surface area contributed by atoms with Gasteiger partial charge in [0.25, 0.3) is 0 Å². The highest BCUT2D eigenvalue weighted by Gasteiger charge is 2.71. The fraction of sp³-hybridized carbons (Fsp3) is 0.611. The van der Waals surface area contributed by atoms with Gasteiger partial charge in [0.2, 0.25) is 5.78 Å². The maximum absolute atomic E-state index is 14.5. The van der Waals surface area contributed by atoms with E-state index in [1.54, 1.807) is 27.7 Å². The molecule has 9 nitrogen and oxygen atoms in total. The number of aromatic hydroxyl groups is 1. The number of hydrogen-bond donors (Lipinski definition) is 4. The molecule has 1 aromatic carbocycles. The van der Waals surface area contributed by atoms with Crippen LogP contribution in [0.15, 0.2) is 28.7 Å². The van der Waals surface area contributed by atoms with Gasteiger partial charge in [-0.1, -0.05) is 68.4 Å². The zero-order chi connectivity index (χ0) is 34.2. The van der Waals surface area contributed by atoms with Crippen molar-refractivity contribution in [2.24, 2.45) is 28.1 Å². The molecule has 3 aliphatic rings. The highest BCUT2D eigenvalue weighted by molar-refractivity contribution is 6.25. The second-order valence-corrected chi connectivity index (χ2v) is 15.7. The van der Waals surface area contributed by atoms with Gasteiger partial charge < -0.3 is 25.2 Å². The molecule has 4 rings (SSSR count). The Morgan fingerprint density at radius 3 is 2.18 bits per heavy atom. The number of esters is 1. The Morgan fingerprint density at radius 1 is 1.07 bits per heavy atom. The summed E-state index contributed by atoms with van der Waals surface area (Å²) in [7, 11) is 0. The van der Waals surface area contributed by atoms with Gasteiger partial charge in [0, 0.05) is 28.7 Å². The molecule has 4 N–H and O–H groups in total. The molecule has 0 aromatic heterocycles. The summed E-state index contributed by atoms with van der Waals surface area (Å²) >= 11 is 0. The molecule has 0 saturated carbocycles. The molecule has 3 aliphatic carbocycles. The number of rotatable bonds is 7. The molecule has 0 spiro atoms. The first-order valence-electron chi connectivity index (χ1n) is 15.8. The van der Waals surface area contributed by atoms with Gasteiger partial charge in [-0.3, -0.25) is 19.2 Å². The van der Waals surface area contributed by atoms with Crippen LogP contribution in [0.3, 0.4) is 0 Å². The molecule has 1 aromatic rings. The molecule has 0 radical (unpaired) electrons. The van der Waals surface area contributed by atoms with Crippen LogP contribution in [0.2, 0.25) is 0 Å². The minimum absolute atomic E-state index is 0.0212. The highest BCUT2D eigenvalue weighted by atomic mass is 16.5. The van der Waals surface area contributed by atoms with Crippen molar-refractivity contribution in [3.63, 3.8) is 0 Å². The van der Waals surface area contributed by atoms with Crippen LogP contribution in [0.1, 0.15) is 115 Å². The molecule has 0 heterocycles. The first-order valence-corrected chi connectivity index (χ1v) is 15.8. The Hall–Kier alpha value is -3.46. The predicted octanol–water partition coefficient (Wildman–Crippen LogP) is 5.99. The number of allylic oxidation sites excluding steroid dienone is 2. The number of aryl methyl sites for hydroxylation is 1. The fourth-order valence-corrected chi connectivity index (χ4v) is 8.20. The van der Waals surface area contributed by atoms with E-state index in [0.717, 1.165) is 12.5 Å². The van der Waals surface area contributed by atoms with E-state index in [2.05, 4.69) is 0 Å². The van der Waals surface area contributed by atoms with E-state index in [1.807, 2.05) is 40.7 Å². The van der Waals surface area contributed by atoms with E-state index < -0.39 is 62.8 Å². The lowest BCUT2D eigenvalue weighted by Gasteiger charge is -2.59. The summed E-state index contributed by atoms with van der Waals surface area (Å²) in [4.78, 5) is 53.5. The van der Waals surface area contributed by atoms with Crippen molar-refractivity contribution in [2.45, 2.75) is 106 Å². The van der Waals surface area contributed by atoms with Crippen molar-refractivity contribution < 1.29 is 44.3 Å². The van der Waals surface area contributed by atoms with Crippen molar-refractivity contribution in [1.29, 1.82) is 0 Å². The number of carbonyl (C=O) groups is 4. The predicted molar refractivity (Wildman–Crippen MR) is 168 cm³/mol. The number of ether oxygens (including phenoxy) is 1. The zero-order valence-electron chi connectivity index (χ0n) is 28.2. The first kappa shape index (κ1) is 34.4. The van der Waals surface area contributed by atoms with Crippen LogP contribution in [0.4, 0.5) is 0 Å². The number of aliphatic hydroxyl groups is 3. The van der Waals surface area contributed by atoms with E-state index in [-0.39, 0.29) is 66.4 Å². The van der Waals surface area contributed by atoms with E-state index in [1.165, 1.54) is 0 Å². The fourth-order valence-electron chi connectivity index (χ4n) is 8.20. The number of aliphatic hydroxyl groups excluding tert-OH is 2. The molecule has 0 saturated heterocycles. The number of ketones is 3. The van der Waals surface area contributed by atoms with Gasteiger partial charge in [0.15, 0.2) is 17.2 Å². The monoisotopic (exact) mass is 624 g/mol. The average molecular weight is 625 g/mol. The Bertz CT molecular complexity index is 1550. The van der Waals surface area contributed by atoms with Crippen LogP contribution in [0.5, 0.6) is 5.75 Å². The maximum atomic E-state index is 14.5. The smallest absolute Gasteiger partial charge is 0.306 e. The third kappa shape index (κ3) is 5.21. The summed E-state index contributed by atoms with van der Waals surface area (Å²) in [5.41, 5.74) is -4.46. The molecule has 246 valence electrons. The number of benzene rings is 1. The standard InChI is InChI=1S/C36H48O9/c1-17(2)21-13-20(11-12-23(38)45-16-33(6,7)8)28(39)25-22(21)14-34(9)15-35(10)26(18(3)4)29(40)24(19(5)37)31(42)36(35,44)32(43)27(34)30(25)41/h13,17-18,26,39-40,43-44H,11-12,14-16H2,1-10H3/t26?,34-,35-,36+/m1/s1. The van der Waals surface area contributed by atoms with E-state index >= 15 is 0 Å². The zero-order valence-corrected chi connectivity index (χ0v) is 28.2. The number of fused-ring (bicyclic) bond motifs is 3. The van der Waals surface area contributed by atoms with Crippen LogP contribution >= 0.6 is 0 Å². The summed E-state index contributed by atoms with van der Waals surface area (Å²) in [6.45, 7) is 18.1. The van der Waals surface area contributed by atoms with Crippen LogP contribution in [0.25, 0.3) is 0 Å². The lowest BCUT2D eigenvalue weighted by molar-refractivity contribution is -0.171. The Kier molecular flexibility index (Phi) is 8.49. The number of Topliss-reactive ketones (excluding diaryl/α,β-unsaturated/α-hetero) is 3. The van der Waals surface area contributed by atoms with E-state index in [4.69, 9.17) is 4.74 Å². The lowest BCUT2D eigenvalue weighted by atomic mass is 9.44. The summed E-state index contributed by atoms with van der Waals surface area (Å²) < 4.78 is 5.38.